The molecular formula is C18H29Cl2N3O. The minimum atomic E-state index is -0.597. The van der Waals surface area contributed by atoms with Crippen LogP contribution in [-0.4, -0.2) is 42.5 Å². The number of hydrogen-bond acceptors (Lipinski definition) is 3. The summed E-state index contributed by atoms with van der Waals surface area (Å²) in [5.41, 5.74) is 7.08. The van der Waals surface area contributed by atoms with E-state index < -0.39 is 5.54 Å². The van der Waals surface area contributed by atoms with Gasteiger partial charge >= 0.3 is 0 Å². The third-order valence-electron chi connectivity index (χ3n) is 5.08. The van der Waals surface area contributed by atoms with E-state index in [1.54, 1.807) is 0 Å². The molecule has 0 atom stereocenters. The van der Waals surface area contributed by atoms with Crippen LogP contribution >= 0.6 is 24.8 Å². The van der Waals surface area contributed by atoms with Crippen molar-refractivity contribution in [1.82, 2.24) is 4.90 Å². The monoisotopic (exact) mass is 373 g/mol. The second kappa shape index (κ2) is 9.50. The Morgan fingerprint density at radius 1 is 0.875 bits per heavy atom. The Labute approximate surface area is 157 Å². The smallest absolute Gasteiger partial charge is 0.242 e. The maximum absolute atomic E-state index is 12.9. The van der Waals surface area contributed by atoms with Crippen LogP contribution in [0.25, 0.3) is 0 Å². The fourth-order valence-corrected chi connectivity index (χ4v) is 3.73. The molecule has 136 valence electrons. The molecule has 24 heavy (non-hydrogen) atoms. The summed E-state index contributed by atoms with van der Waals surface area (Å²) >= 11 is 0. The summed E-state index contributed by atoms with van der Waals surface area (Å²) in [4.78, 5) is 17.2. The van der Waals surface area contributed by atoms with Crippen LogP contribution in [0, 0.1) is 0 Å². The van der Waals surface area contributed by atoms with Gasteiger partial charge in [-0.15, -0.1) is 24.8 Å². The summed E-state index contributed by atoms with van der Waals surface area (Å²) in [7, 11) is 0. The fraction of sp³-hybridized carbons (Fsp3) is 0.611. The van der Waals surface area contributed by atoms with E-state index in [-0.39, 0.29) is 30.7 Å². The first-order valence-electron chi connectivity index (χ1n) is 8.57. The molecule has 1 heterocycles. The summed E-state index contributed by atoms with van der Waals surface area (Å²) in [6.07, 6.45) is 6.11. The average molecular weight is 374 g/mol. The molecule has 1 amide bonds. The Morgan fingerprint density at radius 2 is 1.54 bits per heavy atom. The minimum absolute atomic E-state index is 0. The van der Waals surface area contributed by atoms with Gasteiger partial charge in [-0.2, -0.15) is 0 Å². The Hall–Kier alpha value is -0.970. The van der Waals surface area contributed by atoms with Crippen LogP contribution in [0.15, 0.2) is 30.3 Å². The SMILES string of the molecule is Cl.Cl.NC1(C(=O)N2CCCN(c3ccccc3)CC2)CCCCC1. The molecule has 1 aliphatic heterocycles. The molecule has 0 spiro atoms. The molecule has 3 rings (SSSR count). The number of carbonyl (C=O) groups excluding carboxylic acids is 1. The highest BCUT2D eigenvalue weighted by molar-refractivity contribution is 5.86. The maximum Gasteiger partial charge on any atom is 0.242 e. The summed E-state index contributed by atoms with van der Waals surface area (Å²) in [6.45, 7) is 3.52. The van der Waals surface area contributed by atoms with Crippen LogP contribution in [0.2, 0.25) is 0 Å². The molecule has 1 aliphatic carbocycles. The van der Waals surface area contributed by atoms with Crippen molar-refractivity contribution in [3.63, 3.8) is 0 Å². The third-order valence-corrected chi connectivity index (χ3v) is 5.08. The van der Waals surface area contributed by atoms with Gasteiger partial charge < -0.3 is 15.5 Å². The second-order valence-electron chi connectivity index (χ2n) is 6.69. The Balaban J connectivity index is 0.00000144. The fourth-order valence-electron chi connectivity index (χ4n) is 3.73. The van der Waals surface area contributed by atoms with Gasteiger partial charge in [0.15, 0.2) is 0 Å². The van der Waals surface area contributed by atoms with Crippen LogP contribution in [0.1, 0.15) is 38.5 Å². The highest BCUT2D eigenvalue weighted by Crippen LogP contribution is 2.28. The molecule has 6 heteroatoms. The number of rotatable bonds is 2. The van der Waals surface area contributed by atoms with Crippen LogP contribution in [-0.2, 0) is 4.79 Å². The molecule has 2 N–H and O–H groups in total. The number of para-hydroxylation sites is 1. The number of anilines is 1. The highest BCUT2D eigenvalue weighted by Gasteiger charge is 2.38. The van der Waals surface area contributed by atoms with E-state index in [0.717, 1.165) is 58.3 Å². The first kappa shape index (κ1) is 21.1. The Kier molecular flexibility index (Phi) is 8.34. The predicted octanol–water partition coefficient (Wildman–Crippen LogP) is 3.23. The Bertz CT molecular complexity index is 506. The lowest BCUT2D eigenvalue weighted by Crippen LogP contribution is -2.56. The molecule has 1 saturated heterocycles. The number of nitrogens with zero attached hydrogens (tertiary/aromatic N) is 2. The van der Waals surface area contributed by atoms with Crippen molar-refractivity contribution in [2.75, 3.05) is 31.1 Å². The zero-order chi connectivity index (χ0) is 15.4. The van der Waals surface area contributed by atoms with Gasteiger partial charge in [-0.3, -0.25) is 4.79 Å². The lowest BCUT2D eigenvalue weighted by Gasteiger charge is -2.36. The van der Waals surface area contributed by atoms with E-state index in [4.69, 9.17) is 5.73 Å². The molecule has 4 nitrogen and oxygen atoms in total. The molecule has 1 saturated carbocycles. The molecule has 0 unspecified atom stereocenters. The zero-order valence-corrected chi connectivity index (χ0v) is 15.8. The second-order valence-corrected chi connectivity index (χ2v) is 6.69. The molecule has 0 bridgehead atoms. The summed E-state index contributed by atoms with van der Waals surface area (Å²) in [5, 5.41) is 0. The number of carbonyl (C=O) groups is 1. The molecule has 0 aromatic heterocycles. The van der Waals surface area contributed by atoms with E-state index >= 15 is 0 Å². The van der Waals surface area contributed by atoms with Crippen LogP contribution in [0.3, 0.4) is 0 Å². The van der Waals surface area contributed by atoms with Gasteiger partial charge in [0.05, 0.1) is 5.54 Å². The van der Waals surface area contributed by atoms with E-state index in [1.165, 1.54) is 12.1 Å². The molecule has 2 fully saturated rings. The molecular weight excluding hydrogens is 345 g/mol. The van der Waals surface area contributed by atoms with Gasteiger partial charge in [0.25, 0.3) is 0 Å². The number of hydrogen-bond donors (Lipinski definition) is 1. The standard InChI is InChI=1S/C18H27N3O.2ClH/c19-18(10-5-2-6-11-18)17(22)21-13-7-12-20(14-15-21)16-8-3-1-4-9-16;;/h1,3-4,8-9H,2,5-7,10-15,19H2;2*1H. The lowest BCUT2D eigenvalue weighted by molar-refractivity contribution is -0.138. The Morgan fingerprint density at radius 3 is 2.21 bits per heavy atom. The molecule has 0 radical (unpaired) electrons. The minimum Gasteiger partial charge on any atom is -0.370 e. The van der Waals surface area contributed by atoms with Crippen LogP contribution in [0.5, 0.6) is 0 Å². The molecule has 2 aliphatic rings. The first-order valence-corrected chi connectivity index (χ1v) is 8.57. The van der Waals surface area contributed by atoms with Crippen LogP contribution < -0.4 is 10.6 Å². The number of amides is 1. The largest absolute Gasteiger partial charge is 0.370 e. The molecule has 1 aromatic rings. The molecule has 1 aromatic carbocycles. The van der Waals surface area contributed by atoms with Crippen molar-refractivity contribution < 1.29 is 4.79 Å². The maximum atomic E-state index is 12.9. The number of nitrogens with two attached hydrogens (primary N) is 1. The number of halogens is 2. The normalized spacial score (nSPS) is 20.4. The van der Waals surface area contributed by atoms with Crippen molar-refractivity contribution in [3.8, 4) is 0 Å². The van der Waals surface area contributed by atoms with Gasteiger partial charge in [-0.25, -0.2) is 0 Å². The van der Waals surface area contributed by atoms with Gasteiger partial charge in [0.1, 0.15) is 0 Å². The van der Waals surface area contributed by atoms with E-state index in [0.29, 0.717) is 0 Å². The van der Waals surface area contributed by atoms with E-state index in [9.17, 15) is 4.79 Å². The predicted molar refractivity (Wildman–Crippen MR) is 104 cm³/mol. The van der Waals surface area contributed by atoms with Crippen molar-refractivity contribution in [2.24, 2.45) is 5.73 Å². The summed E-state index contributed by atoms with van der Waals surface area (Å²) in [5.74, 6) is 0.183. The van der Waals surface area contributed by atoms with Crippen molar-refractivity contribution in [2.45, 2.75) is 44.1 Å². The van der Waals surface area contributed by atoms with E-state index in [1.807, 2.05) is 11.0 Å². The topological polar surface area (TPSA) is 49.6 Å². The van der Waals surface area contributed by atoms with Gasteiger partial charge in [-0.1, -0.05) is 37.5 Å². The quantitative estimate of drug-likeness (QED) is 0.865. The highest BCUT2D eigenvalue weighted by atomic mass is 35.5. The van der Waals surface area contributed by atoms with Crippen molar-refractivity contribution in [1.29, 1.82) is 0 Å². The lowest BCUT2D eigenvalue weighted by atomic mass is 9.81. The number of benzene rings is 1. The zero-order valence-electron chi connectivity index (χ0n) is 14.2. The van der Waals surface area contributed by atoms with Gasteiger partial charge in [0.2, 0.25) is 5.91 Å². The van der Waals surface area contributed by atoms with Gasteiger partial charge in [0, 0.05) is 31.9 Å². The average Bonchev–Trinajstić information content (AvgIpc) is 2.82. The first-order chi connectivity index (χ1) is 10.7. The van der Waals surface area contributed by atoms with Crippen LogP contribution in [0.4, 0.5) is 5.69 Å². The summed E-state index contributed by atoms with van der Waals surface area (Å²) in [6, 6.07) is 10.5. The van der Waals surface area contributed by atoms with Gasteiger partial charge in [-0.05, 0) is 31.4 Å². The van der Waals surface area contributed by atoms with E-state index in [2.05, 4.69) is 29.2 Å². The summed E-state index contributed by atoms with van der Waals surface area (Å²) < 4.78 is 0. The third kappa shape index (κ3) is 4.78. The van der Waals surface area contributed by atoms with Crippen molar-refractivity contribution >= 4 is 36.4 Å². The van der Waals surface area contributed by atoms with Crippen molar-refractivity contribution in [3.05, 3.63) is 30.3 Å².